The van der Waals surface area contributed by atoms with Gasteiger partial charge in [0.05, 0.1) is 6.04 Å². The highest BCUT2D eigenvalue weighted by molar-refractivity contribution is 6.05. The van der Waals surface area contributed by atoms with Crippen LogP contribution in [0, 0.1) is 11.6 Å². The first kappa shape index (κ1) is 17.2. The van der Waals surface area contributed by atoms with Crippen LogP contribution in [-0.4, -0.2) is 22.2 Å². The van der Waals surface area contributed by atoms with Gasteiger partial charge in [-0.1, -0.05) is 6.07 Å². The fourth-order valence-electron chi connectivity index (χ4n) is 3.13. The lowest BCUT2D eigenvalue weighted by atomic mass is 10.1. The Morgan fingerprint density at radius 3 is 2.63 bits per heavy atom. The summed E-state index contributed by atoms with van der Waals surface area (Å²) in [6.07, 6.45) is 0. The number of ether oxygens (including phenoxy) is 1. The number of nitrogens with zero attached hydrogens (tertiary/aromatic N) is 3. The van der Waals surface area contributed by atoms with Crippen molar-refractivity contribution in [3.8, 4) is 5.75 Å². The predicted octanol–water partition coefficient (Wildman–Crippen LogP) is 3.96. The van der Waals surface area contributed by atoms with E-state index < -0.39 is 0 Å². The van der Waals surface area contributed by atoms with Gasteiger partial charge in [0.1, 0.15) is 35.4 Å². The Hall–Kier alpha value is -3.22. The summed E-state index contributed by atoms with van der Waals surface area (Å²) in [5.74, 6) is -0.536. The Bertz CT molecular complexity index is 985. The van der Waals surface area contributed by atoms with Gasteiger partial charge >= 0.3 is 0 Å². The molecule has 138 valence electrons. The molecule has 0 saturated carbocycles. The minimum absolute atomic E-state index is 0.0503. The number of hydrogen-bond acceptors (Lipinski definition) is 3. The first-order valence-corrected chi connectivity index (χ1v) is 8.55. The van der Waals surface area contributed by atoms with Crippen molar-refractivity contribution in [2.75, 3.05) is 11.4 Å². The van der Waals surface area contributed by atoms with Crippen LogP contribution in [0.3, 0.4) is 0 Å². The van der Waals surface area contributed by atoms with Crippen molar-refractivity contribution >= 4 is 11.6 Å². The largest absolute Gasteiger partial charge is 0.487 e. The van der Waals surface area contributed by atoms with E-state index in [1.165, 1.54) is 24.3 Å². The lowest BCUT2D eigenvalue weighted by Gasteiger charge is -2.31. The maximum absolute atomic E-state index is 13.2. The summed E-state index contributed by atoms with van der Waals surface area (Å²) >= 11 is 0. The number of benzene rings is 2. The topological polar surface area (TPSA) is 47.4 Å². The van der Waals surface area contributed by atoms with E-state index in [0.717, 1.165) is 0 Å². The number of amides is 1. The van der Waals surface area contributed by atoms with Gasteiger partial charge in [0.15, 0.2) is 0 Å². The van der Waals surface area contributed by atoms with Crippen LogP contribution in [0.4, 0.5) is 14.5 Å². The van der Waals surface area contributed by atoms with E-state index in [4.69, 9.17) is 4.74 Å². The molecule has 1 aromatic heterocycles. The van der Waals surface area contributed by atoms with Crippen molar-refractivity contribution in [3.05, 3.63) is 77.6 Å². The maximum atomic E-state index is 13.2. The number of fused-ring (bicyclic) bond motifs is 1. The standard InChI is InChI=1S/C20H17F2N3O2/c1-13-11-24(17-7-5-14(21)6-8-17)20(26)19-10-16(23-25(13)19)12-27-18-4-2-3-15(22)9-18/h2-10,13H,11-12H2,1H3/t13-/m0/s1. The third-order valence-electron chi connectivity index (χ3n) is 4.44. The molecule has 1 amide bonds. The molecule has 2 heterocycles. The predicted molar refractivity (Wildman–Crippen MR) is 95.7 cm³/mol. The molecule has 0 N–H and O–H groups in total. The van der Waals surface area contributed by atoms with E-state index in [1.54, 1.807) is 39.9 Å². The summed E-state index contributed by atoms with van der Waals surface area (Å²) in [4.78, 5) is 14.5. The quantitative estimate of drug-likeness (QED) is 0.699. The number of anilines is 1. The van der Waals surface area contributed by atoms with E-state index in [-0.39, 0.29) is 30.2 Å². The van der Waals surface area contributed by atoms with Crippen LogP contribution < -0.4 is 9.64 Å². The molecule has 1 aliphatic rings. The molecule has 0 radical (unpaired) electrons. The van der Waals surface area contributed by atoms with Crippen LogP contribution in [0.1, 0.15) is 29.1 Å². The minimum Gasteiger partial charge on any atom is -0.487 e. The highest BCUT2D eigenvalue weighted by Gasteiger charge is 2.31. The van der Waals surface area contributed by atoms with Gasteiger partial charge in [-0.3, -0.25) is 9.48 Å². The Kier molecular flexibility index (Phi) is 4.35. The summed E-state index contributed by atoms with van der Waals surface area (Å²) in [5, 5.41) is 4.45. The Balaban J connectivity index is 1.55. The minimum atomic E-state index is -0.379. The van der Waals surface area contributed by atoms with Crippen molar-refractivity contribution in [2.24, 2.45) is 0 Å². The molecule has 1 aliphatic heterocycles. The zero-order chi connectivity index (χ0) is 19.0. The van der Waals surface area contributed by atoms with E-state index >= 15 is 0 Å². The number of aromatic nitrogens is 2. The molecule has 4 rings (SSSR count). The molecule has 0 aliphatic carbocycles. The normalized spacial score (nSPS) is 16.3. The third kappa shape index (κ3) is 3.40. The molecule has 3 aromatic rings. The van der Waals surface area contributed by atoms with Crippen LogP contribution in [0.15, 0.2) is 54.6 Å². The van der Waals surface area contributed by atoms with Crippen molar-refractivity contribution in [3.63, 3.8) is 0 Å². The van der Waals surface area contributed by atoms with Crippen molar-refractivity contribution in [2.45, 2.75) is 19.6 Å². The molecule has 7 heteroatoms. The maximum Gasteiger partial charge on any atom is 0.276 e. The first-order valence-electron chi connectivity index (χ1n) is 8.55. The third-order valence-corrected chi connectivity index (χ3v) is 4.44. The molecule has 0 unspecified atom stereocenters. The average Bonchev–Trinajstić information content (AvgIpc) is 3.09. The number of carbonyl (C=O) groups excluding carboxylic acids is 1. The highest BCUT2D eigenvalue weighted by atomic mass is 19.1. The Labute approximate surface area is 154 Å². The van der Waals surface area contributed by atoms with Gasteiger partial charge < -0.3 is 9.64 Å². The first-order chi connectivity index (χ1) is 13.0. The smallest absolute Gasteiger partial charge is 0.276 e. The van der Waals surface area contributed by atoms with Gasteiger partial charge in [0, 0.05) is 18.3 Å². The van der Waals surface area contributed by atoms with Gasteiger partial charge in [0.25, 0.3) is 5.91 Å². The van der Waals surface area contributed by atoms with Crippen molar-refractivity contribution in [1.82, 2.24) is 9.78 Å². The van der Waals surface area contributed by atoms with Crippen LogP contribution in [0.25, 0.3) is 0 Å². The SMILES string of the molecule is C[C@H]1CN(c2ccc(F)cc2)C(=O)c2cc(COc3cccc(F)c3)nn21. The number of carbonyl (C=O) groups is 1. The second-order valence-corrected chi connectivity index (χ2v) is 6.45. The fourth-order valence-corrected chi connectivity index (χ4v) is 3.13. The van der Waals surface area contributed by atoms with Crippen LogP contribution in [0.5, 0.6) is 5.75 Å². The molecule has 0 saturated heterocycles. The van der Waals surface area contributed by atoms with Gasteiger partial charge in [-0.15, -0.1) is 0 Å². The zero-order valence-electron chi connectivity index (χ0n) is 14.6. The molecule has 0 fully saturated rings. The van der Waals surface area contributed by atoms with Crippen molar-refractivity contribution in [1.29, 1.82) is 0 Å². The molecular formula is C20H17F2N3O2. The van der Waals surface area contributed by atoms with Crippen LogP contribution in [-0.2, 0) is 6.61 Å². The number of hydrogen-bond donors (Lipinski definition) is 0. The van der Waals surface area contributed by atoms with Gasteiger partial charge in [0.2, 0.25) is 0 Å². The van der Waals surface area contributed by atoms with Crippen LogP contribution >= 0.6 is 0 Å². The number of rotatable bonds is 4. The second-order valence-electron chi connectivity index (χ2n) is 6.45. The van der Waals surface area contributed by atoms with E-state index in [2.05, 4.69) is 5.10 Å². The molecule has 27 heavy (non-hydrogen) atoms. The Morgan fingerprint density at radius 2 is 1.89 bits per heavy atom. The summed E-state index contributed by atoms with van der Waals surface area (Å²) in [5.41, 5.74) is 1.66. The zero-order valence-corrected chi connectivity index (χ0v) is 14.6. The molecule has 1 atom stereocenters. The van der Waals surface area contributed by atoms with Crippen molar-refractivity contribution < 1.29 is 18.3 Å². The van der Waals surface area contributed by atoms with Gasteiger partial charge in [-0.2, -0.15) is 5.10 Å². The monoisotopic (exact) mass is 369 g/mol. The second kappa shape index (κ2) is 6.83. The molecular weight excluding hydrogens is 352 g/mol. The summed E-state index contributed by atoms with van der Waals surface area (Å²) in [6.45, 7) is 2.51. The van der Waals surface area contributed by atoms with E-state index in [0.29, 0.717) is 29.4 Å². The van der Waals surface area contributed by atoms with Gasteiger partial charge in [-0.25, -0.2) is 8.78 Å². The van der Waals surface area contributed by atoms with E-state index in [1.807, 2.05) is 6.92 Å². The molecule has 0 spiro atoms. The Morgan fingerprint density at radius 1 is 1.11 bits per heavy atom. The summed E-state index contributed by atoms with van der Waals surface area (Å²) in [6, 6.07) is 13.3. The average molecular weight is 369 g/mol. The molecule has 2 aromatic carbocycles. The lowest BCUT2D eigenvalue weighted by Crippen LogP contribution is -2.42. The van der Waals surface area contributed by atoms with E-state index in [9.17, 15) is 13.6 Å². The van der Waals surface area contributed by atoms with Crippen LogP contribution in [0.2, 0.25) is 0 Å². The van der Waals surface area contributed by atoms with Gasteiger partial charge in [-0.05, 0) is 49.4 Å². The summed E-state index contributed by atoms with van der Waals surface area (Å²) in [7, 11) is 0. The lowest BCUT2D eigenvalue weighted by molar-refractivity contribution is 0.0953. The highest BCUT2D eigenvalue weighted by Crippen LogP contribution is 2.27. The summed E-state index contributed by atoms with van der Waals surface area (Å²) < 4.78 is 33.6. The molecule has 0 bridgehead atoms. The molecule has 5 nitrogen and oxygen atoms in total. The fraction of sp³-hybridized carbons (Fsp3) is 0.200. The number of halogens is 2.